The number of halogens is 1. The van der Waals surface area contributed by atoms with Gasteiger partial charge in [0.15, 0.2) is 5.76 Å². The van der Waals surface area contributed by atoms with Gasteiger partial charge in [-0.05, 0) is 35.3 Å². The highest BCUT2D eigenvalue weighted by atomic mass is 35.5. The van der Waals surface area contributed by atoms with E-state index in [1.54, 1.807) is 29.0 Å². The van der Waals surface area contributed by atoms with Crippen LogP contribution in [0.2, 0.25) is 5.02 Å². The van der Waals surface area contributed by atoms with Gasteiger partial charge in [0.1, 0.15) is 11.5 Å². The molecule has 1 aliphatic heterocycles. The molecule has 0 unspecified atom stereocenters. The molecule has 1 fully saturated rings. The van der Waals surface area contributed by atoms with Gasteiger partial charge in [-0.25, -0.2) is 0 Å². The SMILES string of the molecule is C=CC(=O)N1CC(N(C)C(=O)c2ccc(CNc3cc(C(C)(C)C)c(Cl)cc3O)o2)C1. The Kier molecular flexibility index (Phi) is 6.36. The number of nitrogens with one attached hydrogen (secondary N) is 1. The van der Waals surface area contributed by atoms with Crippen molar-refractivity contribution in [3.05, 3.63) is 59.0 Å². The normalized spacial score (nSPS) is 14.2. The molecule has 2 N–H and O–H groups in total. The average molecular weight is 446 g/mol. The molecule has 0 aliphatic carbocycles. The molecule has 0 saturated carbocycles. The number of aromatic hydroxyl groups is 1. The molecule has 0 atom stereocenters. The Hall–Kier alpha value is -2.93. The van der Waals surface area contributed by atoms with Gasteiger partial charge in [-0.15, -0.1) is 0 Å². The van der Waals surface area contributed by atoms with E-state index >= 15 is 0 Å². The number of phenols is 1. The van der Waals surface area contributed by atoms with Gasteiger partial charge in [0.25, 0.3) is 5.91 Å². The van der Waals surface area contributed by atoms with Crippen LogP contribution in [0.3, 0.4) is 0 Å². The summed E-state index contributed by atoms with van der Waals surface area (Å²) in [5, 5.41) is 13.9. The summed E-state index contributed by atoms with van der Waals surface area (Å²) < 4.78 is 5.71. The molecule has 3 rings (SSSR count). The number of hydrogen-bond donors (Lipinski definition) is 2. The summed E-state index contributed by atoms with van der Waals surface area (Å²) >= 11 is 6.27. The highest BCUT2D eigenvalue weighted by molar-refractivity contribution is 6.31. The van der Waals surface area contributed by atoms with Crippen LogP contribution in [0.5, 0.6) is 5.75 Å². The second kappa shape index (κ2) is 8.67. The number of benzene rings is 1. The Morgan fingerprint density at radius 3 is 2.65 bits per heavy atom. The molecule has 166 valence electrons. The zero-order chi connectivity index (χ0) is 22.9. The number of anilines is 1. The van der Waals surface area contributed by atoms with E-state index in [2.05, 4.69) is 11.9 Å². The molecule has 2 aromatic rings. The molecule has 1 aromatic heterocycles. The number of hydrogen-bond acceptors (Lipinski definition) is 5. The Bertz CT molecular complexity index is 1000. The molecule has 7 nitrogen and oxygen atoms in total. The van der Waals surface area contributed by atoms with Crippen molar-refractivity contribution in [2.45, 2.75) is 38.8 Å². The standard InChI is InChI=1S/C23H28ClN3O4/c1-6-21(29)27-12-14(13-27)26(5)22(30)20-8-7-15(31-20)11-25-18-9-16(23(2,3)4)17(24)10-19(18)28/h6-10,14,25,28H,1,11-13H2,2-5H3. The third kappa shape index (κ3) is 4.88. The third-order valence-electron chi connectivity index (χ3n) is 5.44. The van der Waals surface area contributed by atoms with Crippen LogP contribution in [-0.2, 0) is 16.8 Å². The molecule has 0 radical (unpaired) electrons. The Balaban J connectivity index is 1.62. The van der Waals surface area contributed by atoms with Crippen molar-refractivity contribution in [2.75, 3.05) is 25.5 Å². The molecule has 2 heterocycles. The lowest BCUT2D eigenvalue weighted by molar-refractivity contribution is -0.132. The highest BCUT2D eigenvalue weighted by Crippen LogP contribution is 2.37. The second-order valence-corrected chi connectivity index (χ2v) is 9.14. The number of rotatable bonds is 6. The summed E-state index contributed by atoms with van der Waals surface area (Å²) in [5.41, 5.74) is 1.27. The zero-order valence-electron chi connectivity index (χ0n) is 18.2. The van der Waals surface area contributed by atoms with Gasteiger partial charge in [0.05, 0.1) is 18.3 Å². The van der Waals surface area contributed by atoms with Crippen molar-refractivity contribution in [3.63, 3.8) is 0 Å². The number of amides is 2. The van der Waals surface area contributed by atoms with Crippen LogP contribution in [0.15, 0.2) is 41.3 Å². The predicted molar refractivity (Wildman–Crippen MR) is 121 cm³/mol. The zero-order valence-corrected chi connectivity index (χ0v) is 19.0. The maximum absolute atomic E-state index is 12.7. The fourth-order valence-corrected chi connectivity index (χ4v) is 3.84. The van der Waals surface area contributed by atoms with Crippen LogP contribution in [-0.4, -0.2) is 52.9 Å². The minimum absolute atomic E-state index is 0.0456. The second-order valence-electron chi connectivity index (χ2n) is 8.74. The first-order valence-electron chi connectivity index (χ1n) is 10.1. The van der Waals surface area contributed by atoms with E-state index in [-0.39, 0.29) is 34.8 Å². The van der Waals surface area contributed by atoms with Crippen molar-refractivity contribution < 1.29 is 19.1 Å². The van der Waals surface area contributed by atoms with Crippen LogP contribution in [0.25, 0.3) is 0 Å². The molecule has 2 amide bonds. The molecule has 31 heavy (non-hydrogen) atoms. The number of likely N-dealkylation sites (N-methyl/N-ethyl adjacent to an activating group) is 1. The molecule has 1 aromatic carbocycles. The average Bonchev–Trinajstić information content (AvgIpc) is 3.13. The fraction of sp³-hybridized carbons (Fsp3) is 0.391. The number of phenolic OH excluding ortho intramolecular Hbond substituents is 1. The Morgan fingerprint density at radius 2 is 2.03 bits per heavy atom. The number of nitrogens with zero attached hydrogens (tertiary/aromatic N) is 2. The summed E-state index contributed by atoms with van der Waals surface area (Å²) in [7, 11) is 1.70. The van der Waals surface area contributed by atoms with E-state index in [0.717, 1.165) is 5.56 Å². The number of likely N-dealkylation sites (tertiary alicyclic amines) is 1. The lowest BCUT2D eigenvalue weighted by Gasteiger charge is -2.43. The first-order valence-corrected chi connectivity index (χ1v) is 10.4. The van der Waals surface area contributed by atoms with Crippen LogP contribution in [0.4, 0.5) is 5.69 Å². The lowest BCUT2D eigenvalue weighted by Crippen LogP contribution is -2.60. The summed E-state index contributed by atoms with van der Waals surface area (Å²) in [5.74, 6) is 0.447. The number of carbonyl (C=O) groups is 2. The van der Waals surface area contributed by atoms with Crippen LogP contribution in [0, 0.1) is 0 Å². The van der Waals surface area contributed by atoms with Gasteiger partial charge in [0, 0.05) is 31.2 Å². The molecule has 8 heteroatoms. The van der Waals surface area contributed by atoms with E-state index in [0.29, 0.717) is 36.1 Å². The molecular formula is C23H28ClN3O4. The summed E-state index contributed by atoms with van der Waals surface area (Å²) in [4.78, 5) is 27.5. The van der Waals surface area contributed by atoms with Gasteiger partial charge in [-0.2, -0.15) is 0 Å². The van der Waals surface area contributed by atoms with Crippen molar-refractivity contribution in [1.82, 2.24) is 9.80 Å². The quantitative estimate of drug-likeness (QED) is 0.518. The van der Waals surface area contributed by atoms with Gasteiger partial charge >= 0.3 is 0 Å². The maximum atomic E-state index is 12.7. The summed E-state index contributed by atoms with van der Waals surface area (Å²) in [6, 6.07) is 6.65. The topological polar surface area (TPSA) is 86.0 Å². The van der Waals surface area contributed by atoms with E-state index in [1.165, 1.54) is 12.1 Å². The minimum atomic E-state index is -0.244. The van der Waals surface area contributed by atoms with E-state index in [1.807, 2.05) is 26.8 Å². The lowest BCUT2D eigenvalue weighted by atomic mass is 9.86. The predicted octanol–water partition coefficient (Wildman–Crippen LogP) is 4.02. The smallest absolute Gasteiger partial charge is 0.289 e. The fourth-order valence-electron chi connectivity index (χ4n) is 3.40. The minimum Gasteiger partial charge on any atom is -0.506 e. The highest BCUT2D eigenvalue weighted by Gasteiger charge is 2.35. The van der Waals surface area contributed by atoms with Gasteiger partial charge < -0.3 is 24.6 Å². The van der Waals surface area contributed by atoms with Crippen molar-refractivity contribution >= 4 is 29.1 Å². The first kappa shape index (κ1) is 22.7. The summed E-state index contributed by atoms with van der Waals surface area (Å²) in [6.07, 6.45) is 1.27. The molecular weight excluding hydrogens is 418 g/mol. The van der Waals surface area contributed by atoms with Crippen molar-refractivity contribution in [3.8, 4) is 5.75 Å². The largest absolute Gasteiger partial charge is 0.506 e. The number of furan rings is 1. The monoisotopic (exact) mass is 445 g/mol. The van der Waals surface area contributed by atoms with Gasteiger partial charge in [0.2, 0.25) is 5.91 Å². The molecule has 0 bridgehead atoms. The van der Waals surface area contributed by atoms with Crippen molar-refractivity contribution in [2.24, 2.45) is 0 Å². The maximum Gasteiger partial charge on any atom is 0.289 e. The molecule has 1 saturated heterocycles. The van der Waals surface area contributed by atoms with E-state index in [4.69, 9.17) is 16.0 Å². The van der Waals surface area contributed by atoms with Crippen LogP contribution in [0.1, 0.15) is 42.6 Å². The van der Waals surface area contributed by atoms with Crippen molar-refractivity contribution in [1.29, 1.82) is 0 Å². The van der Waals surface area contributed by atoms with Gasteiger partial charge in [-0.3, -0.25) is 9.59 Å². The van der Waals surface area contributed by atoms with Crippen LogP contribution < -0.4 is 5.32 Å². The molecule has 0 spiro atoms. The summed E-state index contributed by atoms with van der Waals surface area (Å²) in [6.45, 7) is 10.9. The van der Waals surface area contributed by atoms with E-state index in [9.17, 15) is 14.7 Å². The third-order valence-corrected chi connectivity index (χ3v) is 5.75. The van der Waals surface area contributed by atoms with Crippen LogP contribution >= 0.6 is 11.6 Å². The Morgan fingerprint density at radius 1 is 1.35 bits per heavy atom. The Labute approximate surface area is 187 Å². The first-order chi connectivity index (χ1) is 14.5. The van der Waals surface area contributed by atoms with E-state index < -0.39 is 0 Å². The number of carbonyl (C=O) groups excluding carboxylic acids is 2. The molecule has 1 aliphatic rings. The van der Waals surface area contributed by atoms with Gasteiger partial charge in [-0.1, -0.05) is 39.0 Å².